The Kier molecular flexibility index (Phi) is 5.37. The molecule has 0 bridgehead atoms. The van der Waals surface area contributed by atoms with Gasteiger partial charge in [0.25, 0.3) is 0 Å². The van der Waals surface area contributed by atoms with E-state index < -0.39 is 18.4 Å². The minimum absolute atomic E-state index is 0.226. The Morgan fingerprint density at radius 3 is 2.56 bits per heavy atom. The maximum Gasteiger partial charge on any atom is 0.322 e. The van der Waals surface area contributed by atoms with Crippen molar-refractivity contribution in [1.82, 2.24) is 15.5 Å². The molecule has 0 saturated carbocycles. The Morgan fingerprint density at radius 1 is 1.28 bits per heavy atom. The molecule has 1 fully saturated rings. The largest absolute Gasteiger partial charge is 0.480 e. The van der Waals surface area contributed by atoms with Crippen LogP contribution in [0.15, 0.2) is 0 Å². The number of amides is 3. The molecule has 1 atom stereocenters. The van der Waals surface area contributed by atoms with E-state index in [0.29, 0.717) is 25.6 Å². The molecular weight excluding hydrogens is 240 g/mol. The number of rotatable bonds is 5. The summed E-state index contributed by atoms with van der Waals surface area (Å²) in [6.45, 7) is 1.09. The molecule has 1 rings (SSSR count). The quantitative estimate of drug-likeness (QED) is 0.462. The second kappa shape index (κ2) is 6.80. The van der Waals surface area contributed by atoms with Crippen LogP contribution in [0.25, 0.3) is 0 Å². The van der Waals surface area contributed by atoms with Crippen LogP contribution in [0.2, 0.25) is 0 Å². The fourth-order valence-electron chi connectivity index (χ4n) is 1.71. The van der Waals surface area contributed by atoms with E-state index in [1.165, 1.54) is 0 Å². The molecule has 0 spiro atoms. The molecule has 0 aromatic carbocycles. The maximum absolute atomic E-state index is 11.6. The molecule has 0 aromatic heterocycles. The van der Waals surface area contributed by atoms with Crippen molar-refractivity contribution >= 4 is 17.9 Å². The number of carboxylic acid groups (broad SMARTS) is 1. The molecule has 1 aliphatic heterocycles. The van der Waals surface area contributed by atoms with E-state index in [1.54, 1.807) is 4.90 Å². The summed E-state index contributed by atoms with van der Waals surface area (Å²) in [4.78, 5) is 34.6. The highest BCUT2D eigenvalue weighted by Crippen LogP contribution is 2.14. The van der Waals surface area contributed by atoms with Crippen LogP contribution in [0.4, 0.5) is 4.79 Å². The van der Waals surface area contributed by atoms with E-state index in [2.05, 4.69) is 10.6 Å². The molecular formula is C10H18N4O4. The van der Waals surface area contributed by atoms with Crippen molar-refractivity contribution in [2.45, 2.75) is 6.42 Å². The molecule has 3 amide bonds. The number of hydrogen-bond acceptors (Lipinski definition) is 4. The Bertz CT molecular complexity index is 334. The zero-order valence-corrected chi connectivity index (χ0v) is 10.0. The highest BCUT2D eigenvalue weighted by molar-refractivity contribution is 5.86. The maximum atomic E-state index is 11.6. The van der Waals surface area contributed by atoms with Gasteiger partial charge in [-0.2, -0.15) is 0 Å². The summed E-state index contributed by atoms with van der Waals surface area (Å²) in [5.74, 6) is -1.34. The average Bonchev–Trinajstić information content (AvgIpc) is 2.82. The smallest absolute Gasteiger partial charge is 0.322 e. The lowest BCUT2D eigenvalue weighted by atomic mass is 10.1. The highest BCUT2D eigenvalue weighted by atomic mass is 16.4. The second-order valence-corrected chi connectivity index (χ2v) is 4.17. The van der Waals surface area contributed by atoms with Crippen molar-refractivity contribution in [2.24, 2.45) is 11.7 Å². The van der Waals surface area contributed by atoms with Crippen molar-refractivity contribution in [2.75, 3.05) is 32.7 Å². The molecule has 102 valence electrons. The Hall–Kier alpha value is -1.83. The van der Waals surface area contributed by atoms with E-state index in [0.717, 1.165) is 6.42 Å². The number of carbonyl (C=O) groups excluding carboxylic acids is 2. The zero-order chi connectivity index (χ0) is 13.5. The van der Waals surface area contributed by atoms with Gasteiger partial charge in [-0.3, -0.25) is 9.59 Å². The van der Waals surface area contributed by atoms with Gasteiger partial charge in [0.2, 0.25) is 5.91 Å². The first-order valence-electron chi connectivity index (χ1n) is 5.74. The molecule has 0 radical (unpaired) electrons. The third-order valence-electron chi connectivity index (χ3n) is 2.74. The van der Waals surface area contributed by atoms with E-state index in [-0.39, 0.29) is 12.6 Å². The molecule has 1 aliphatic rings. The van der Waals surface area contributed by atoms with E-state index in [1.807, 2.05) is 0 Å². The summed E-state index contributed by atoms with van der Waals surface area (Å²) in [5, 5.41) is 12.9. The molecule has 18 heavy (non-hydrogen) atoms. The summed E-state index contributed by atoms with van der Waals surface area (Å²) in [6.07, 6.45) is 0.870. The van der Waals surface area contributed by atoms with Crippen molar-refractivity contribution in [3.63, 3.8) is 0 Å². The van der Waals surface area contributed by atoms with Gasteiger partial charge in [-0.25, -0.2) is 4.79 Å². The fraction of sp³-hybridized carbons (Fsp3) is 0.700. The SMILES string of the molecule is NCC1CCN(C(=O)NCC(=O)NCC(=O)O)C1. The lowest BCUT2D eigenvalue weighted by Crippen LogP contribution is -2.44. The zero-order valence-electron chi connectivity index (χ0n) is 10.0. The summed E-state index contributed by atoms with van der Waals surface area (Å²) in [6, 6.07) is -0.323. The van der Waals surface area contributed by atoms with Gasteiger partial charge < -0.3 is 26.4 Å². The Morgan fingerprint density at radius 2 is 2.00 bits per heavy atom. The predicted octanol–water partition coefficient (Wildman–Crippen LogP) is -1.82. The molecule has 1 saturated heterocycles. The van der Waals surface area contributed by atoms with Gasteiger partial charge in [0.05, 0.1) is 6.54 Å². The van der Waals surface area contributed by atoms with Crippen molar-refractivity contribution in [3.05, 3.63) is 0 Å². The van der Waals surface area contributed by atoms with E-state index in [4.69, 9.17) is 10.8 Å². The molecule has 8 nitrogen and oxygen atoms in total. The number of carboxylic acids is 1. The standard InChI is InChI=1S/C10H18N4O4/c11-3-7-1-2-14(6-7)10(18)13-4-8(15)12-5-9(16)17/h7H,1-6,11H2,(H,12,15)(H,13,18)(H,16,17). The molecule has 1 heterocycles. The summed E-state index contributed by atoms with van der Waals surface area (Å²) in [5.41, 5.74) is 5.51. The number of nitrogens with two attached hydrogens (primary N) is 1. The molecule has 1 unspecified atom stereocenters. The number of nitrogens with one attached hydrogen (secondary N) is 2. The van der Waals surface area contributed by atoms with Crippen LogP contribution in [0.5, 0.6) is 0 Å². The van der Waals surface area contributed by atoms with Crippen molar-refractivity contribution < 1.29 is 19.5 Å². The number of nitrogens with zero attached hydrogens (tertiary/aromatic N) is 1. The van der Waals surface area contributed by atoms with Gasteiger partial charge in [0.1, 0.15) is 6.54 Å². The van der Waals surface area contributed by atoms with Crippen LogP contribution in [0.3, 0.4) is 0 Å². The predicted molar refractivity (Wildman–Crippen MR) is 62.8 cm³/mol. The van der Waals surface area contributed by atoms with E-state index >= 15 is 0 Å². The fourth-order valence-corrected chi connectivity index (χ4v) is 1.71. The summed E-state index contributed by atoms with van der Waals surface area (Å²) in [7, 11) is 0. The van der Waals surface area contributed by atoms with Gasteiger partial charge >= 0.3 is 12.0 Å². The topological polar surface area (TPSA) is 125 Å². The third-order valence-corrected chi connectivity index (χ3v) is 2.74. The normalized spacial score (nSPS) is 18.5. The van der Waals surface area contributed by atoms with Crippen LogP contribution in [0, 0.1) is 5.92 Å². The van der Waals surface area contributed by atoms with Gasteiger partial charge in [-0.05, 0) is 18.9 Å². The first-order valence-corrected chi connectivity index (χ1v) is 5.74. The summed E-state index contributed by atoms with van der Waals surface area (Å²) < 4.78 is 0. The van der Waals surface area contributed by atoms with Crippen LogP contribution >= 0.6 is 0 Å². The second-order valence-electron chi connectivity index (χ2n) is 4.17. The third kappa shape index (κ3) is 4.58. The van der Waals surface area contributed by atoms with Crippen molar-refractivity contribution in [1.29, 1.82) is 0 Å². The molecule has 0 aromatic rings. The van der Waals surface area contributed by atoms with Crippen molar-refractivity contribution in [3.8, 4) is 0 Å². The van der Waals surface area contributed by atoms with Gasteiger partial charge in [-0.1, -0.05) is 0 Å². The number of aliphatic carboxylic acids is 1. The highest BCUT2D eigenvalue weighted by Gasteiger charge is 2.25. The minimum Gasteiger partial charge on any atom is -0.480 e. The lowest BCUT2D eigenvalue weighted by Gasteiger charge is -2.16. The first kappa shape index (κ1) is 14.2. The summed E-state index contributed by atoms with van der Waals surface area (Å²) >= 11 is 0. The van der Waals surface area contributed by atoms with E-state index in [9.17, 15) is 14.4 Å². The van der Waals surface area contributed by atoms with Gasteiger partial charge in [0.15, 0.2) is 0 Å². The molecule has 0 aliphatic carbocycles. The number of urea groups is 1. The number of hydrogen-bond donors (Lipinski definition) is 4. The lowest BCUT2D eigenvalue weighted by molar-refractivity contribution is -0.137. The Balaban J connectivity index is 2.21. The number of likely N-dealkylation sites (tertiary alicyclic amines) is 1. The number of carbonyl (C=O) groups is 3. The van der Waals surface area contributed by atoms with Crippen LogP contribution in [-0.4, -0.2) is 60.6 Å². The molecule has 5 N–H and O–H groups in total. The minimum atomic E-state index is -1.12. The van der Waals surface area contributed by atoms with Gasteiger partial charge in [-0.15, -0.1) is 0 Å². The average molecular weight is 258 g/mol. The van der Waals surface area contributed by atoms with Gasteiger partial charge in [0, 0.05) is 13.1 Å². The molecule has 8 heteroatoms. The van der Waals surface area contributed by atoms with Crippen LogP contribution < -0.4 is 16.4 Å². The Labute approximate surface area is 104 Å². The van der Waals surface area contributed by atoms with Crippen LogP contribution in [-0.2, 0) is 9.59 Å². The first-order chi connectivity index (χ1) is 8.52. The van der Waals surface area contributed by atoms with Crippen LogP contribution in [0.1, 0.15) is 6.42 Å². The monoisotopic (exact) mass is 258 g/mol.